The van der Waals surface area contributed by atoms with Crippen LogP contribution in [-0.4, -0.2) is 0 Å². The van der Waals surface area contributed by atoms with Crippen molar-refractivity contribution in [3.63, 3.8) is 0 Å². The van der Waals surface area contributed by atoms with E-state index in [0.717, 1.165) is 10.4 Å². The third kappa shape index (κ3) is 1.35. The van der Waals surface area contributed by atoms with E-state index in [1.54, 1.807) is 18.2 Å². The van der Waals surface area contributed by atoms with Crippen LogP contribution in [0.3, 0.4) is 0 Å². The fourth-order valence-electron chi connectivity index (χ4n) is 0.770. The van der Waals surface area contributed by atoms with Crippen LogP contribution in [0.15, 0.2) is 37.1 Å². The third-order valence-corrected chi connectivity index (χ3v) is 1.26. The maximum atomic E-state index is 10.9. The Morgan fingerprint density at radius 1 is 1.60 bits per heavy atom. The van der Waals surface area contributed by atoms with Gasteiger partial charge in [0.25, 0.3) is 0 Å². The lowest BCUT2D eigenvalue weighted by Gasteiger charge is -1.99. The summed E-state index contributed by atoms with van der Waals surface area (Å²) >= 11 is 0. The van der Waals surface area contributed by atoms with Crippen LogP contribution < -0.4 is 4.73 Å². The van der Waals surface area contributed by atoms with Gasteiger partial charge in [-0.25, -0.2) is 0 Å². The molecule has 0 N–H and O–H groups in total. The lowest BCUT2D eigenvalue weighted by Crippen LogP contribution is -2.30. The van der Waals surface area contributed by atoms with Gasteiger partial charge in [-0.3, -0.25) is 0 Å². The summed E-state index contributed by atoms with van der Waals surface area (Å²) in [5, 5.41) is 10.9. The van der Waals surface area contributed by atoms with Crippen LogP contribution in [-0.2, 0) is 6.42 Å². The monoisotopic (exact) mass is 135 g/mol. The SMILES string of the molecule is C=CCc1cccc[n+]1[O-]. The van der Waals surface area contributed by atoms with Crippen molar-refractivity contribution in [3.05, 3.63) is 48.0 Å². The predicted octanol–water partition coefficient (Wildman–Crippen LogP) is 1.05. The normalized spacial score (nSPS) is 9.20. The number of allylic oxidation sites excluding steroid dienone is 1. The molecule has 0 aromatic carbocycles. The molecule has 2 heteroatoms. The van der Waals surface area contributed by atoms with Gasteiger partial charge in [-0.2, -0.15) is 4.73 Å². The summed E-state index contributed by atoms with van der Waals surface area (Å²) in [6.07, 6.45) is 3.83. The molecule has 0 radical (unpaired) electrons. The van der Waals surface area contributed by atoms with Gasteiger partial charge >= 0.3 is 0 Å². The van der Waals surface area contributed by atoms with Crippen LogP contribution in [0.2, 0.25) is 0 Å². The van der Waals surface area contributed by atoms with Crippen LogP contribution in [0.1, 0.15) is 5.69 Å². The van der Waals surface area contributed by atoms with Crippen molar-refractivity contribution in [2.24, 2.45) is 0 Å². The van der Waals surface area contributed by atoms with Gasteiger partial charge < -0.3 is 5.21 Å². The zero-order chi connectivity index (χ0) is 7.40. The second kappa shape index (κ2) is 3.01. The molecule has 1 aromatic heterocycles. The predicted molar refractivity (Wildman–Crippen MR) is 39.3 cm³/mol. The summed E-state index contributed by atoms with van der Waals surface area (Å²) in [5.74, 6) is 0. The molecule has 1 rings (SSSR count). The summed E-state index contributed by atoms with van der Waals surface area (Å²) in [4.78, 5) is 0. The molecule has 10 heavy (non-hydrogen) atoms. The maximum absolute atomic E-state index is 10.9. The van der Waals surface area contributed by atoms with Crippen molar-refractivity contribution in [1.29, 1.82) is 0 Å². The van der Waals surface area contributed by atoms with E-state index in [0.29, 0.717) is 6.42 Å². The van der Waals surface area contributed by atoms with Crippen molar-refractivity contribution < 1.29 is 4.73 Å². The van der Waals surface area contributed by atoms with E-state index in [1.807, 2.05) is 6.07 Å². The van der Waals surface area contributed by atoms with Crippen molar-refractivity contribution in [2.75, 3.05) is 0 Å². The Morgan fingerprint density at radius 2 is 2.40 bits per heavy atom. The Morgan fingerprint density at radius 3 is 3.00 bits per heavy atom. The molecule has 52 valence electrons. The molecule has 0 aliphatic rings. The zero-order valence-corrected chi connectivity index (χ0v) is 5.66. The number of pyridine rings is 1. The Balaban J connectivity index is 2.91. The summed E-state index contributed by atoms with van der Waals surface area (Å²) in [5.41, 5.74) is 0.734. The topological polar surface area (TPSA) is 26.9 Å². The quantitative estimate of drug-likeness (QED) is 0.338. The molecule has 0 atom stereocenters. The van der Waals surface area contributed by atoms with Crippen molar-refractivity contribution in [3.8, 4) is 0 Å². The van der Waals surface area contributed by atoms with E-state index < -0.39 is 0 Å². The van der Waals surface area contributed by atoms with E-state index in [4.69, 9.17) is 0 Å². The zero-order valence-electron chi connectivity index (χ0n) is 5.66. The van der Waals surface area contributed by atoms with E-state index >= 15 is 0 Å². The second-order valence-corrected chi connectivity index (χ2v) is 2.01. The van der Waals surface area contributed by atoms with Crippen LogP contribution in [0.5, 0.6) is 0 Å². The van der Waals surface area contributed by atoms with E-state index in [1.165, 1.54) is 6.20 Å². The average molecular weight is 135 g/mol. The maximum Gasteiger partial charge on any atom is 0.196 e. The second-order valence-electron chi connectivity index (χ2n) is 2.01. The lowest BCUT2D eigenvalue weighted by molar-refractivity contribution is -0.613. The highest BCUT2D eigenvalue weighted by Gasteiger charge is 1.97. The molecule has 0 aliphatic heterocycles. The van der Waals surface area contributed by atoms with Gasteiger partial charge in [0.15, 0.2) is 11.9 Å². The minimum absolute atomic E-state index is 0.629. The van der Waals surface area contributed by atoms with Gasteiger partial charge in [0.1, 0.15) is 0 Å². The fourth-order valence-corrected chi connectivity index (χ4v) is 0.770. The molecule has 1 heterocycles. The summed E-state index contributed by atoms with van der Waals surface area (Å²) < 4.78 is 0.849. The lowest BCUT2D eigenvalue weighted by atomic mass is 10.3. The molecule has 1 aromatic rings. The molecule has 0 unspecified atom stereocenters. The number of hydrogen-bond donors (Lipinski definition) is 0. The number of hydrogen-bond acceptors (Lipinski definition) is 1. The van der Waals surface area contributed by atoms with Crippen LogP contribution >= 0.6 is 0 Å². The molecule has 0 aliphatic carbocycles. The number of rotatable bonds is 2. The fraction of sp³-hybridized carbons (Fsp3) is 0.125. The Hall–Kier alpha value is -1.31. The average Bonchev–Trinajstić information content (AvgIpc) is 1.94. The first-order valence-electron chi connectivity index (χ1n) is 3.12. The van der Waals surface area contributed by atoms with Crippen molar-refractivity contribution in [1.82, 2.24) is 0 Å². The molecule has 0 saturated carbocycles. The van der Waals surface area contributed by atoms with Crippen LogP contribution in [0.4, 0.5) is 0 Å². The molecule has 2 nitrogen and oxygen atoms in total. The highest BCUT2D eigenvalue weighted by Crippen LogP contribution is 1.91. The van der Waals surface area contributed by atoms with E-state index in [2.05, 4.69) is 6.58 Å². The molecule has 0 bridgehead atoms. The highest BCUT2D eigenvalue weighted by atomic mass is 16.5. The minimum atomic E-state index is 0.629. The van der Waals surface area contributed by atoms with E-state index in [-0.39, 0.29) is 0 Å². The first-order valence-corrected chi connectivity index (χ1v) is 3.12. The van der Waals surface area contributed by atoms with Crippen LogP contribution in [0.25, 0.3) is 0 Å². The molecule has 0 spiro atoms. The number of aromatic nitrogens is 1. The van der Waals surface area contributed by atoms with Crippen molar-refractivity contribution in [2.45, 2.75) is 6.42 Å². The first kappa shape index (κ1) is 6.81. The van der Waals surface area contributed by atoms with Gasteiger partial charge in [-0.15, -0.1) is 6.58 Å². The van der Waals surface area contributed by atoms with Crippen LogP contribution in [0, 0.1) is 5.21 Å². The Bertz CT molecular complexity index is 232. The molecular formula is C8H9NO. The Labute approximate surface area is 60.0 Å². The third-order valence-electron chi connectivity index (χ3n) is 1.26. The minimum Gasteiger partial charge on any atom is -0.618 e. The van der Waals surface area contributed by atoms with Crippen molar-refractivity contribution >= 4 is 0 Å². The smallest absolute Gasteiger partial charge is 0.196 e. The summed E-state index contributed by atoms with van der Waals surface area (Å²) in [6.45, 7) is 3.54. The standard InChI is InChI=1S/C8H9NO/c1-2-5-8-6-3-4-7-9(8)10/h2-4,6-7H,1,5H2. The van der Waals surface area contributed by atoms with Gasteiger partial charge in [0, 0.05) is 12.1 Å². The number of nitrogens with zero attached hydrogens (tertiary/aromatic N) is 1. The molecule has 0 saturated heterocycles. The van der Waals surface area contributed by atoms with Gasteiger partial charge in [-0.1, -0.05) is 12.1 Å². The van der Waals surface area contributed by atoms with E-state index in [9.17, 15) is 5.21 Å². The largest absolute Gasteiger partial charge is 0.618 e. The highest BCUT2D eigenvalue weighted by molar-refractivity contribution is 5.01. The Kier molecular flexibility index (Phi) is 2.05. The molecule has 0 amide bonds. The molecular weight excluding hydrogens is 126 g/mol. The first-order chi connectivity index (χ1) is 4.84. The van der Waals surface area contributed by atoms with Gasteiger partial charge in [0.05, 0.1) is 6.42 Å². The summed E-state index contributed by atoms with van der Waals surface area (Å²) in [7, 11) is 0. The molecule has 0 fully saturated rings. The van der Waals surface area contributed by atoms with Gasteiger partial charge in [0.2, 0.25) is 0 Å². The van der Waals surface area contributed by atoms with Gasteiger partial charge in [-0.05, 0) is 0 Å². The summed E-state index contributed by atoms with van der Waals surface area (Å²) in [6, 6.07) is 5.33.